The van der Waals surface area contributed by atoms with E-state index in [2.05, 4.69) is 12.8 Å². The normalized spacial score (nSPS) is 11.9. The zero-order chi connectivity index (χ0) is 25.0. The third kappa shape index (κ3) is 23.9. The molecule has 0 bridgehead atoms. The van der Waals surface area contributed by atoms with Crippen LogP contribution < -0.4 is 0 Å². The second-order valence-electron chi connectivity index (χ2n) is 7.35. The van der Waals surface area contributed by atoms with Crippen molar-refractivity contribution < 1.29 is 42.7 Å². The maximum Gasteiger partial charge on any atom is 0.308 e. The van der Waals surface area contributed by atoms with Crippen LogP contribution in [-0.4, -0.2) is 105 Å². The first-order valence-corrected chi connectivity index (χ1v) is 12.4. The molecule has 0 radical (unpaired) electrons. The van der Waals surface area contributed by atoms with Crippen LogP contribution in [0.15, 0.2) is 0 Å². The van der Waals surface area contributed by atoms with E-state index >= 15 is 0 Å². The summed E-state index contributed by atoms with van der Waals surface area (Å²) in [5, 5.41) is 0. The Hall–Kier alpha value is -1.25. The first kappa shape index (κ1) is 32.8. The Morgan fingerprint density at radius 2 is 1.03 bits per heavy atom. The van der Waals surface area contributed by atoms with Crippen LogP contribution in [0, 0.1) is 18.3 Å². The fourth-order valence-corrected chi connectivity index (χ4v) is 2.71. The van der Waals surface area contributed by atoms with Gasteiger partial charge >= 0.3 is 5.97 Å². The number of carbonyl (C=O) groups is 1. The molecule has 0 spiro atoms. The first-order valence-electron chi connectivity index (χ1n) is 12.4. The standard InChI is InChI=1S/C25H46O9/c1-4-7-8-24(6-3)25(26)34-23-22-33-21-20-32-19-18-31-17-16-30-15-14-29-13-12-28-11-10-27-9-5-2/h2,24H,4,6-23H2,1,3H3. The summed E-state index contributed by atoms with van der Waals surface area (Å²) in [6, 6.07) is 0. The molecule has 0 aromatic carbocycles. The summed E-state index contributed by atoms with van der Waals surface area (Å²) >= 11 is 0. The van der Waals surface area contributed by atoms with E-state index in [1.807, 2.05) is 6.92 Å². The highest BCUT2D eigenvalue weighted by Crippen LogP contribution is 2.14. The summed E-state index contributed by atoms with van der Waals surface area (Å²) < 4.78 is 42.8. The van der Waals surface area contributed by atoms with Crippen molar-refractivity contribution >= 4 is 5.97 Å². The van der Waals surface area contributed by atoms with Crippen molar-refractivity contribution in [2.75, 3.05) is 99.1 Å². The Morgan fingerprint density at radius 3 is 1.38 bits per heavy atom. The average Bonchev–Trinajstić information content (AvgIpc) is 2.85. The number of carbonyl (C=O) groups excluding carboxylic acids is 1. The minimum atomic E-state index is -0.117. The Bertz CT molecular complexity index is 468. The summed E-state index contributed by atoms with van der Waals surface area (Å²) in [5.74, 6) is 2.28. The molecule has 0 saturated heterocycles. The van der Waals surface area contributed by atoms with E-state index < -0.39 is 0 Å². The van der Waals surface area contributed by atoms with E-state index in [-0.39, 0.29) is 18.5 Å². The van der Waals surface area contributed by atoms with Crippen LogP contribution >= 0.6 is 0 Å². The molecule has 0 aromatic rings. The number of rotatable bonds is 27. The van der Waals surface area contributed by atoms with Crippen LogP contribution in [0.25, 0.3) is 0 Å². The molecule has 0 aliphatic heterocycles. The van der Waals surface area contributed by atoms with Gasteiger partial charge in [0.2, 0.25) is 0 Å². The molecule has 34 heavy (non-hydrogen) atoms. The minimum absolute atomic E-state index is 0.00326. The minimum Gasteiger partial charge on any atom is -0.463 e. The van der Waals surface area contributed by atoms with Crippen molar-refractivity contribution in [3.05, 3.63) is 0 Å². The van der Waals surface area contributed by atoms with Crippen molar-refractivity contribution in [3.63, 3.8) is 0 Å². The quantitative estimate of drug-likeness (QED) is 0.0978. The SMILES string of the molecule is C#CCOCCOCCOCCOCCOCCOCCOCCOC(=O)C(CC)CCCC. The van der Waals surface area contributed by atoms with Gasteiger partial charge in [0.1, 0.15) is 13.2 Å². The third-order valence-electron chi connectivity index (χ3n) is 4.62. The molecule has 9 heteroatoms. The van der Waals surface area contributed by atoms with Crippen molar-refractivity contribution in [2.45, 2.75) is 39.5 Å². The van der Waals surface area contributed by atoms with Crippen LogP contribution in [0.4, 0.5) is 0 Å². The smallest absolute Gasteiger partial charge is 0.308 e. The molecule has 200 valence electrons. The Labute approximate surface area is 206 Å². The van der Waals surface area contributed by atoms with Gasteiger partial charge in [0.15, 0.2) is 0 Å². The number of terminal acetylenes is 1. The molecular weight excluding hydrogens is 444 g/mol. The maximum atomic E-state index is 12.0. The topological polar surface area (TPSA) is 90.9 Å². The maximum absolute atomic E-state index is 12.0. The molecule has 0 heterocycles. The predicted molar refractivity (Wildman–Crippen MR) is 129 cm³/mol. The second kappa shape index (κ2) is 28.0. The van der Waals surface area contributed by atoms with Crippen LogP contribution in [0.2, 0.25) is 0 Å². The van der Waals surface area contributed by atoms with E-state index in [1.54, 1.807) is 0 Å². The van der Waals surface area contributed by atoms with Gasteiger partial charge in [0, 0.05) is 0 Å². The van der Waals surface area contributed by atoms with E-state index in [0.717, 1.165) is 25.7 Å². The lowest BCUT2D eigenvalue weighted by atomic mass is 10.00. The lowest BCUT2D eigenvalue weighted by Gasteiger charge is -2.13. The van der Waals surface area contributed by atoms with Gasteiger partial charge in [0.25, 0.3) is 0 Å². The highest BCUT2D eigenvalue weighted by atomic mass is 16.6. The highest BCUT2D eigenvalue weighted by molar-refractivity contribution is 5.72. The third-order valence-corrected chi connectivity index (χ3v) is 4.62. The second-order valence-corrected chi connectivity index (χ2v) is 7.35. The van der Waals surface area contributed by atoms with Crippen LogP contribution in [0.3, 0.4) is 0 Å². The Kier molecular flexibility index (Phi) is 27.0. The van der Waals surface area contributed by atoms with Gasteiger partial charge in [0.05, 0.1) is 91.8 Å². The molecule has 1 unspecified atom stereocenters. The molecule has 0 aliphatic carbocycles. The molecule has 0 N–H and O–H groups in total. The molecule has 9 nitrogen and oxygen atoms in total. The molecule has 0 rings (SSSR count). The van der Waals surface area contributed by atoms with Crippen molar-refractivity contribution in [2.24, 2.45) is 5.92 Å². The molecule has 0 aliphatic rings. The number of esters is 1. The van der Waals surface area contributed by atoms with Crippen LogP contribution in [0.1, 0.15) is 39.5 Å². The number of hydrogen-bond acceptors (Lipinski definition) is 9. The number of unbranched alkanes of at least 4 members (excludes halogenated alkanes) is 1. The first-order chi connectivity index (χ1) is 16.8. The van der Waals surface area contributed by atoms with E-state index in [9.17, 15) is 4.79 Å². The van der Waals surface area contributed by atoms with Gasteiger partial charge in [-0.1, -0.05) is 32.6 Å². The molecule has 0 saturated carbocycles. The van der Waals surface area contributed by atoms with Crippen LogP contribution in [0.5, 0.6) is 0 Å². The lowest BCUT2D eigenvalue weighted by molar-refractivity contribution is -0.150. The predicted octanol–water partition coefficient (Wildman–Crippen LogP) is 2.50. The average molecular weight is 491 g/mol. The zero-order valence-corrected chi connectivity index (χ0v) is 21.3. The van der Waals surface area contributed by atoms with Gasteiger partial charge in [-0.3, -0.25) is 4.79 Å². The van der Waals surface area contributed by atoms with Crippen LogP contribution in [-0.2, 0) is 42.7 Å². The summed E-state index contributed by atoms with van der Waals surface area (Å²) in [6.07, 6.45) is 8.92. The largest absolute Gasteiger partial charge is 0.463 e. The van der Waals surface area contributed by atoms with E-state index in [0.29, 0.717) is 92.5 Å². The zero-order valence-electron chi connectivity index (χ0n) is 21.3. The van der Waals surface area contributed by atoms with Gasteiger partial charge < -0.3 is 37.9 Å². The van der Waals surface area contributed by atoms with Crippen molar-refractivity contribution in [1.29, 1.82) is 0 Å². The van der Waals surface area contributed by atoms with E-state index in [4.69, 9.17) is 44.3 Å². The number of ether oxygens (including phenoxy) is 8. The van der Waals surface area contributed by atoms with Gasteiger partial charge in [-0.15, -0.1) is 6.42 Å². The highest BCUT2D eigenvalue weighted by Gasteiger charge is 2.16. The Balaban J connectivity index is 3.19. The molecule has 0 amide bonds. The Morgan fingerprint density at radius 1 is 0.647 bits per heavy atom. The molecular formula is C25H46O9. The summed E-state index contributed by atoms with van der Waals surface area (Å²) in [4.78, 5) is 12.0. The number of hydrogen-bond donors (Lipinski definition) is 0. The summed E-state index contributed by atoms with van der Waals surface area (Å²) in [7, 11) is 0. The van der Waals surface area contributed by atoms with Gasteiger partial charge in [-0.25, -0.2) is 0 Å². The lowest BCUT2D eigenvalue weighted by Crippen LogP contribution is -2.20. The molecule has 0 aromatic heterocycles. The molecule has 0 fully saturated rings. The summed E-state index contributed by atoms with van der Waals surface area (Å²) in [6.45, 7) is 11.1. The van der Waals surface area contributed by atoms with Gasteiger partial charge in [-0.2, -0.15) is 0 Å². The van der Waals surface area contributed by atoms with Gasteiger partial charge in [-0.05, 0) is 12.8 Å². The monoisotopic (exact) mass is 490 g/mol. The fraction of sp³-hybridized carbons (Fsp3) is 0.880. The fourth-order valence-electron chi connectivity index (χ4n) is 2.71. The summed E-state index contributed by atoms with van der Waals surface area (Å²) in [5.41, 5.74) is 0. The molecule has 1 atom stereocenters. The van der Waals surface area contributed by atoms with Crippen molar-refractivity contribution in [1.82, 2.24) is 0 Å². The van der Waals surface area contributed by atoms with Crippen molar-refractivity contribution in [3.8, 4) is 12.3 Å². The van der Waals surface area contributed by atoms with E-state index in [1.165, 1.54) is 0 Å².